The number of aliphatic hydroxyl groups excluding tert-OH is 1. The third kappa shape index (κ3) is 7.10. The Balaban J connectivity index is 1.55. The monoisotopic (exact) mass is 539 g/mol. The molecule has 0 spiro atoms. The minimum absolute atomic E-state index is 0.00493. The molecule has 2 amide bonds. The molecule has 4 rings (SSSR count). The largest absolute Gasteiger partial charge is 0.508 e. The first-order valence-corrected chi connectivity index (χ1v) is 14.6. The van der Waals surface area contributed by atoms with E-state index in [2.05, 4.69) is 15.5 Å². The van der Waals surface area contributed by atoms with E-state index >= 15 is 0 Å². The molecule has 206 valence electrons. The van der Waals surface area contributed by atoms with Crippen LogP contribution in [0.2, 0.25) is 0 Å². The molecule has 0 saturated carbocycles. The summed E-state index contributed by atoms with van der Waals surface area (Å²) in [6, 6.07) is 13.7. The van der Waals surface area contributed by atoms with Crippen molar-refractivity contribution >= 4 is 23.6 Å². The SMILES string of the molecule is Cc1c(O)cccc1C(=O)NC(Cc1ccccc1)C(O)CN1C[C@H]2CCS[C@H]2C[C@H]1C(=O)NC(C)(C)C. The number of fused-ring (bicyclic) bond motifs is 1. The van der Waals surface area contributed by atoms with Crippen LogP contribution in [0.3, 0.4) is 0 Å². The molecule has 0 aromatic heterocycles. The average Bonchev–Trinajstić information content (AvgIpc) is 3.31. The number of nitrogens with one attached hydrogen (secondary N) is 2. The van der Waals surface area contributed by atoms with Crippen molar-refractivity contribution in [3.63, 3.8) is 0 Å². The summed E-state index contributed by atoms with van der Waals surface area (Å²) in [7, 11) is 0. The van der Waals surface area contributed by atoms with E-state index in [1.54, 1.807) is 25.1 Å². The van der Waals surface area contributed by atoms with Crippen molar-refractivity contribution in [1.29, 1.82) is 0 Å². The van der Waals surface area contributed by atoms with Crippen molar-refractivity contribution in [2.24, 2.45) is 5.92 Å². The van der Waals surface area contributed by atoms with Gasteiger partial charge in [0.1, 0.15) is 5.75 Å². The van der Waals surface area contributed by atoms with Gasteiger partial charge in [0.2, 0.25) is 5.91 Å². The molecule has 2 aromatic carbocycles. The maximum atomic E-state index is 13.4. The molecule has 4 N–H and O–H groups in total. The van der Waals surface area contributed by atoms with Crippen molar-refractivity contribution in [3.05, 3.63) is 65.2 Å². The number of carbonyl (C=O) groups is 2. The third-order valence-corrected chi connectivity index (χ3v) is 9.04. The van der Waals surface area contributed by atoms with Gasteiger partial charge in [-0.15, -0.1) is 0 Å². The van der Waals surface area contributed by atoms with Crippen LogP contribution >= 0.6 is 11.8 Å². The van der Waals surface area contributed by atoms with Crippen LogP contribution in [0.5, 0.6) is 5.75 Å². The number of likely N-dealkylation sites (tertiary alicyclic amines) is 1. The Morgan fingerprint density at radius 3 is 2.58 bits per heavy atom. The number of phenolic OH excluding ortho intramolecular Hbond substituents is 1. The van der Waals surface area contributed by atoms with Crippen LogP contribution in [0.15, 0.2) is 48.5 Å². The fourth-order valence-electron chi connectivity index (χ4n) is 5.52. The quantitative estimate of drug-likeness (QED) is 0.410. The number of aliphatic hydroxyl groups is 1. The van der Waals surface area contributed by atoms with Gasteiger partial charge in [0.05, 0.1) is 18.2 Å². The molecule has 2 aliphatic heterocycles. The van der Waals surface area contributed by atoms with E-state index in [1.807, 2.05) is 62.9 Å². The highest BCUT2D eigenvalue weighted by Gasteiger charge is 2.43. The van der Waals surface area contributed by atoms with Gasteiger partial charge in [-0.25, -0.2) is 0 Å². The number of nitrogens with zero attached hydrogens (tertiary/aromatic N) is 1. The molecule has 2 fully saturated rings. The van der Waals surface area contributed by atoms with E-state index in [4.69, 9.17) is 0 Å². The van der Waals surface area contributed by atoms with Crippen molar-refractivity contribution in [2.75, 3.05) is 18.8 Å². The van der Waals surface area contributed by atoms with Gasteiger partial charge in [0.15, 0.2) is 0 Å². The van der Waals surface area contributed by atoms with E-state index in [0.29, 0.717) is 28.7 Å². The summed E-state index contributed by atoms with van der Waals surface area (Å²) >= 11 is 1.96. The first kappa shape index (κ1) is 28.5. The number of amides is 2. The highest BCUT2D eigenvalue weighted by molar-refractivity contribution is 8.00. The second kappa shape index (κ2) is 12.1. The maximum Gasteiger partial charge on any atom is 0.252 e. The fourth-order valence-corrected chi connectivity index (χ4v) is 7.08. The lowest BCUT2D eigenvalue weighted by Crippen LogP contribution is -2.60. The average molecular weight is 540 g/mol. The first-order chi connectivity index (χ1) is 18.0. The molecule has 2 aliphatic rings. The summed E-state index contributed by atoms with van der Waals surface area (Å²) in [5.74, 6) is 1.32. The Bertz CT molecular complexity index is 1120. The molecule has 2 saturated heterocycles. The number of piperidine rings is 1. The Hall–Kier alpha value is -2.55. The predicted octanol–water partition coefficient (Wildman–Crippen LogP) is 3.51. The van der Waals surface area contributed by atoms with Gasteiger partial charge in [-0.05, 0) is 76.3 Å². The summed E-state index contributed by atoms with van der Waals surface area (Å²) < 4.78 is 0. The minimum atomic E-state index is -0.896. The summed E-state index contributed by atoms with van der Waals surface area (Å²) in [5.41, 5.74) is 1.53. The maximum absolute atomic E-state index is 13.4. The number of thioether (sulfide) groups is 1. The van der Waals surface area contributed by atoms with Crippen molar-refractivity contribution < 1.29 is 19.8 Å². The number of hydrogen-bond donors (Lipinski definition) is 4. The molecule has 2 heterocycles. The Kier molecular flexibility index (Phi) is 9.06. The van der Waals surface area contributed by atoms with Gasteiger partial charge in [-0.1, -0.05) is 36.4 Å². The second-order valence-electron chi connectivity index (χ2n) is 11.7. The standard InChI is InChI=1S/C30H41N3O4S/c1-19-22(11-8-12-25(19)34)28(36)31-23(15-20-9-6-5-7-10-20)26(35)18-33-17-21-13-14-38-27(21)16-24(33)29(37)32-30(2,3)4/h5-12,21,23-24,26-27,34-35H,13-18H2,1-4H3,(H,31,36)(H,32,37)/t21-,23?,24+,26?,27+/m1/s1. The molecule has 8 heteroatoms. The lowest BCUT2D eigenvalue weighted by Gasteiger charge is -2.43. The smallest absolute Gasteiger partial charge is 0.252 e. The molecule has 0 bridgehead atoms. The fraction of sp³-hybridized carbons (Fsp3) is 0.533. The topological polar surface area (TPSA) is 102 Å². The zero-order valence-corrected chi connectivity index (χ0v) is 23.6. The van der Waals surface area contributed by atoms with E-state index in [9.17, 15) is 19.8 Å². The first-order valence-electron chi connectivity index (χ1n) is 13.5. The summed E-state index contributed by atoms with van der Waals surface area (Å²) in [6.07, 6.45) is 1.44. The van der Waals surface area contributed by atoms with Crippen LogP contribution in [-0.2, 0) is 11.2 Å². The number of hydrogen-bond acceptors (Lipinski definition) is 6. The molecular formula is C30H41N3O4S. The van der Waals surface area contributed by atoms with Crippen molar-refractivity contribution in [2.45, 2.75) is 75.9 Å². The van der Waals surface area contributed by atoms with E-state index < -0.39 is 12.1 Å². The van der Waals surface area contributed by atoms with Gasteiger partial charge in [0, 0.05) is 35.0 Å². The van der Waals surface area contributed by atoms with Crippen molar-refractivity contribution in [1.82, 2.24) is 15.5 Å². The second-order valence-corrected chi connectivity index (χ2v) is 13.0. The van der Waals surface area contributed by atoms with Crippen LogP contribution in [0.1, 0.15) is 55.1 Å². The third-order valence-electron chi connectivity index (χ3n) is 7.56. The lowest BCUT2D eigenvalue weighted by molar-refractivity contribution is -0.130. The number of aromatic hydroxyl groups is 1. The molecule has 2 aromatic rings. The molecule has 38 heavy (non-hydrogen) atoms. The predicted molar refractivity (Wildman–Crippen MR) is 152 cm³/mol. The van der Waals surface area contributed by atoms with Gasteiger partial charge >= 0.3 is 0 Å². The lowest BCUT2D eigenvalue weighted by atomic mass is 9.89. The number of phenols is 1. The zero-order valence-electron chi connectivity index (χ0n) is 22.8. The highest BCUT2D eigenvalue weighted by atomic mass is 32.2. The molecule has 2 unspecified atom stereocenters. The van der Waals surface area contributed by atoms with E-state index in [1.165, 1.54) is 0 Å². The molecule has 5 atom stereocenters. The van der Waals surface area contributed by atoms with E-state index in [-0.39, 0.29) is 35.7 Å². The summed E-state index contributed by atoms with van der Waals surface area (Å²) in [4.78, 5) is 28.8. The Morgan fingerprint density at radius 1 is 1.13 bits per heavy atom. The number of rotatable bonds is 8. The number of benzene rings is 2. The van der Waals surface area contributed by atoms with Crippen LogP contribution in [0, 0.1) is 12.8 Å². The van der Waals surface area contributed by atoms with Crippen LogP contribution in [0.25, 0.3) is 0 Å². The van der Waals surface area contributed by atoms with Crippen LogP contribution < -0.4 is 10.6 Å². The minimum Gasteiger partial charge on any atom is -0.508 e. The molecular weight excluding hydrogens is 498 g/mol. The Labute approximate surface area is 230 Å². The Morgan fingerprint density at radius 2 is 1.87 bits per heavy atom. The number of β-amino-alcohol motifs (C(OH)–C–C–N with tert-alkyl or cyclic N) is 1. The van der Waals surface area contributed by atoms with Crippen LogP contribution in [0.4, 0.5) is 0 Å². The molecule has 0 radical (unpaired) electrons. The highest BCUT2D eigenvalue weighted by Crippen LogP contribution is 2.40. The van der Waals surface area contributed by atoms with Crippen molar-refractivity contribution in [3.8, 4) is 5.75 Å². The summed E-state index contributed by atoms with van der Waals surface area (Å²) in [6.45, 7) is 8.69. The molecule has 7 nitrogen and oxygen atoms in total. The van der Waals surface area contributed by atoms with Gasteiger partial charge < -0.3 is 20.8 Å². The number of carbonyl (C=O) groups excluding carboxylic acids is 2. The van der Waals surface area contributed by atoms with Crippen LogP contribution in [-0.4, -0.2) is 74.7 Å². The summed E-state index contributed by atoms with van der Waals surface area (Å²) in [5, 5.41) is 28.3. The van der Waals surface area contributed by atoms with Gasteiger partial charge in [-0.3, -0.25) is 14.5 Å². The van der Waals surface area contributed by atoms with Gasteiger partial charge in [-0.2, -0.15) is 11.8 Å². The zero-order chi connectivity index (χ0) is 27.4. The van der Waals surface area contributed by atoms with E-state index in [0.717, 1.165) is 30.7 Å². The van der Waals surface area contributed by atoms with Gasteiger partial charge in [0.25, 0.3) is 5.91 Å². The molecule has 0 aliphatic carbocycles. The normalized spacial score (nSPS) is 23.3.